The second-order valence-electron chi connectivity index (χ2n) is 6.14. The highest BCUT2D eigenvalue weighted by molar-refractivity contribution is 6.10. The first-order valence-electron chi connectivity index (χ1n) is 8.08. The molecule has 3 heteroatoms. The van der Waals surface area contributed by atoms with Gasteiger partial charge in [0.15, 0.2) is 5.78 Å². The van der Waals surface area contributed by atoms with Crippen LogP contribution in [-0.2, 0) is 0 Å². The molecule has 3 nitrogen and oxygen atoms in total. The van der Waals surface area contributed by atoms with Gasteiger partial charge in [-0.25, -0.2) is 0 Å². The van der Waals surface area contributed by atoms with E-state index in [4.69, 9.17) is 0 Å². The molecule has 1 aromatic heterocycles. The summed E-state index contributed by atoms with van der Waals surface area (Å²) in [5, 5.41) is 1.06. The van der Waals surface area contributed by atoms with Crippen LogP contribution < -0.4 is 0 Å². The summed E-state index contributed by atoms with van der Waals surface area (Å²) in [4.78, 5) is 18.4. The smallest absolute Gasteiger partial charge is 0.179 e. The van der Waals surface area contributed by atoms with Crippen molar-refractivity contribution in [1.82, 2.24) is 9.88 Å². The molecule has 0 bridgehead atoms. The summed E-state index contributed by atoms with van der Waals surface area (Å²) in [5.74, 6) is 0.255. The average molecular weight is 284 g/mol. The first-order valence-corrected chi connectivity index (χ1v) is 8.08. The van der Waals surface area contributed by atoms with Crippen LogP contribution in [-0.4, -0.2) is 35.3 Å². The monoisotopic (exact) mass is 284 g/mol. The number of carbonyl (C=O) groups excluding carboxylic acids is 1. The number of H-pyrrole nitrogens is 1. The molecule has 1 aromatic carbocycles. The van der Waals surface area contributed by atoms with Crippen LogP contribution >= 0.6 is 0 Å². The summed E-state index contributed by atoms with van der Waals surface area (Å²) in [7, 11) is 0. The number of ketones is 1. The number of aryl methyl sites for hydroxylation is 1. The topological polar surface area (TPSA) is 36.1 Å². The average Bonchev–Trinajstić information content (AvgIpc) is 2.77. The third kappa shape index (κ3) is 3.18. The van der Waals surface area contributed by atoms with Crippen molar-refractivity contribution in [2.75, 3.05) is 19.6 Å². The van der Waals surface area contributed by atoms with E-state index in [1.807, 2.05) is 31.2 Å². The van der Waals surface area contributed by atoms with Gasteiger partial charge in [-0.1, -0.05) is 37.5 Å². The number of hydrogen-bond donors (Lipinski definition) is 1. The number of para-hydroxylation sites is 1. The van der Waals surface area contributed by atoms with E-state index in [0.717, 1.165) is 35.2 Å². The Morgan fingerprint density at radius 3 is 2.52 bits per heavy atom. The molecule has 1 aliphatic rings. The number of benzene rings is 1. The molecule has 1 aliphatic heterocycles. The predicted octanol–water partition coefficient (Wildman–Crippen LogP) is 3.93. The second-order valence-corrected chi connectivity index (χ2v) is 6.14. The summed E-state index contributed by atoms with van der Waals surface area (Å²) in [6, 6.07) is 8.09. The SMILES string of the molecule is Cc1[nH]c2ccccc2c1C(=O)CN1CCCCCCC1. The maximum atomic E-state index is 12.7. The minimum atomic E-state index is 0.255. The predicted molar refractivity (Wildman–Crippen MR) is 86.9 cm³/mol. The Kier molecular flexibility index (Phi) is 4.39. The molecular weight excluding hydrogens is 260 g/mol. The fraction of sp³-hybridized carbons (Fsp3) is 0.500. The van der Waals surface area contributed by atoms with E-state index < -0.39 is 0 Å². The third-order valence-electron chi connectivity index (χ3n) is 4.49. The number of fused-ring (bicyclic) bond motifs is 1. The summed E-state index contributed by atoms with van der Waals surface area (Å²) >= 11 is 0. The van der Waals surface area contributed by atoms with Crippen molar-refractivity contribution in [3.8, 4) is 0 Å². The third-order valence-corrected chi connectivity index (χ3v) is 4.49. The Hall–Kier alpha value is -1.61. The lowest BCUT2D eigenvalue weighted by molar-refractivity contribution is 0.0925. The summed E-state index contributed by atoms with van der Waals surface area (Å²) < 4.78 is 0. The number of nitrogens with one attached hydrogen (secondary N) is 1. The Morgan fingerprint density at radius 1 is 1.10 bits per heavy atom. The minimum absolute atomic E-state index is 0.255. The number of aromatic nitrogens is 1. The number of likely N-dealkylation sites (tertiary alicyclic amines) is 1. The molecule has 0 amide bonds. The van der Waals surface area contributed by atoms with E-state index in [1.54, 1.807) is 0 Å². The van der Waals surface area contributed by atoms with E-state index in [0.29, 0.717) is 6.54 Å². The Labute approximate surface area is 126 Å². The van der Waals surface area contributed by atoms with Gasteiger partial charge in [0.2, 0.25) is 0 Å². The van der Waals surface area contributed by atoms with Crippen LogP contribution in [0.5, 0.6) is 0 Å². The Bertz CT molecular complexity index is 621. The van der Waals surface area contributed by atoms with E-state index in [-0.39, 0.29) is 5.78 Å². The Morgan fingerprint density at radius 2 is 1.76 bits per heavy atom. The van der Waals surface area contributed by atoms with E-state index in [2.05, 4.69) is 9.88 Å². The van der Waals surface area contributed by atoms with Crippen LogP contribution in [0.2, 0.25) is 0 Å². The lowest BCUT2D eigenvalue weighted by Crippen LogP contribution is -2.32. The largest absolute Gasteiger partial charge is 0.358 e. The van der Waals surface area contributed by atoms with Gasteiger partial charge >= 0.3 is 0 Å². The highest BCUT2D eigenvalue weighted by atomic mass is 16.1. The van der Waals surface area contributed by atoms with Gasteiger partial charge in [-0.3, -0.25) is 9.69 Å². The zero-order valence-electron chi connectivity index (χ0n) is 12.8. The van der Waals surface area contributed by atoms with Crippen LogP contribution in [0.25, 0.3) is 10.9 Å². The van der Waals surface area contributed by atoms with Gasteiger partial charge in [0.1, 0.15) is 0 Å². The fourth-order valence-electron chi connectivity index (χ4n) is 3.39. The van der Waals surface area contributed by atoms with Crippen LogP contribution in [0, 0.1) is 6.92 Å². The highest BCUT2D eigenvalue weighted by Gasteiger charge is 2.19. The standard InChI is InChI=1S/C18H24N2O/c1-14-18(15-9-5-6-10-16(15)19-14)17(21)13-20-11-7-3-2-4-8-12-20/h5-6,9-10,19H,2-4,7-8,11-13H2,1H3. The van der Waals surface area contributed by atoms with Gasteiger partial charge in [0.25, 0.3) is 0 Å². The van der Waals surface area contributed by atoms with Crippen molar-refractivity contribution in [2.45, 2.75) is 39.0 Å². The van der Waals surface area contributed by atoms with Gasteiger partial charge < -0.3 is 4.98 Å². The number of nitrogens with zero attached hydrogens (tertiary/aromatic N) is 1. The molecule has 2 heterocycles. The number of carbonyl (C=O) groups is 1. The van der Waals surface area contributed by atoms with Gasteiger partial charge in [-0.15, -0.1) is 0 Å². The molecule has 0 unspecified atom stereocenters. The van der Waals surface area contributed by atoms with Crippen molar-refractivity contribution in [1.29, 1.82) is 0 Å². The Balaban J connectivity index is 1.78. The molecule has 0 radical (unpaired) electrons. The van der Waals surface area contributed by atoms with Gasteiger partial charge in [0, 0.05) is 22.2 Å². The van der Waals surface area contributed by atoms with Gasteiger partial charge in [-0.2, -0.15) is 0 Å². The summed E-state index contributed by atoms with van der Waals surface area (Å²) in [6.45, 7) is 4.68. The number of aromatic amines is 1. The molecule has 2 aromatic rings. The normalized spacial score (nSPS) is 17.6. The lowest BCUT2D eigenvalue weighted by Gasteiger charge is -2.23. The number of Topliss-reactive ketones (excluding diaryl/α,β-unsaturated/α-hetero) is 1. The molecule has 112 valence electrons. The van der Waals surface area contributed by atoms with E-state index in [1.165, 1.54) is 32.1 Å². The van der Waals surface area contributed by atoms with Crippen LogP contribution in [0.4, 0.5) is 0 Å². The summed E-state index contributed by atoms with van der Waals surface area (Å²) in [5.41, 5.74) is 2.94. The van der Waals surface area contributed by atoms with Crippen molar-refractivity contribution in [2.24, 2.45) is 0 Å². The molecule has 0 saturated carbocycles. The van der Waals surface area contributed by atoms with Crippen LogP contribution in [0.1, 0.15) is 48.2 Å². The minimum Gasteiger partial charge on any atom is -0.358 e. The van der Waals surface area contributed by atoms with Crippen molar-refractivity contribution >= 4 is 16.7 Å². The number of rotatable bonds is 3. The molecular formula is C18H24N2O. The molecule has 1 N–H and O–H groups in total. The maximum Gasteiger partial charge on any atom is 0.179 e. The van der Waals surface area contributed by atoms with Crippen LogP contribution in [0.3, 0.4) is 0 Å². The molecule has 21 heavy (non-hydrogen) atoms. The zero-order valence-corrected chi connectivity index (χ0v) is 12.8. The maximum absolute atomic E-state index is 12.7. The molecule has 1 fully saturated rings. The molecule has 0 atom stereocenters. The van der Waals surface area contributed by atoms with Gasteiger partial charge in [0.05, 0.1) is 6.54 Å². The van der Waals surface area contributed by atoms with Crippen molar-refractivity contribution in [3.05, 3.63) is 35.5 Å². The lowest BCUT2D eigenvalue weighted by atomic mass is 10.0. The summed E-state index contributed by atoms with van der Waals surface area (Å²) in [6.07, 6.45) is 6.40. The van der Waals surface area contributed by atoms with E-state index >= 15 is 0 Å². The first kappa shape index (κ1) is 14.3. The van der Waals surface area contributed by atoms with Gasteiger partial charge in [-0.05, 0) is 38.9 Å². The van der Waals surface area contributed by atoms with Crippen LogP contribution in [0.15, 0.2) is 24.3 Å². The highest BCUT2D eigenvalue weighted by Crippen LogP contribution is 2.23. The van der Waals surface area contributed by atoms with E-state index in [9.17, 15) is 4.79 Å². The zero-order chi connectivity index (χ0) is 14.7. The number of hydrogen-bond acceptors (Lipinski definition) is 2. The molecule has 0 spiro atoms. The molecule has 3 rings (SSSR count). The second kappa shape index (κ2) is 6.44. The fourth-order valence-corrected chi connectivity index (χ4v) is 3.39. The quantitative estimate of drug-likeness (QED) is 0.867. The first-order chi connectivity index (χ1) is 10.3. The van der Waals surface area contributed by atoms with Crippen molar-refractivity contribution in [3.63, 3.8) is 0 Å². The van der Waals surface area contributed by atoms with Crippen molar-refractivity contribution < 1.29 is 4.79 Å². The molecule has 0 aliphatic carbocycles. The molecule has 1 saturated heterocycles.